The maximum Gasteiger partial charge on any atom is 0.338 e. The first kappa shape index (κ1) is 17.5. The number of esters is 1. The van der Waals surface area contributed by atoms with Crippen molar-refractivity contribution in [1.82, 2.24) is 0 Å². The Kier molecular flexibility index (Phi) is 5.93. The number of rotatable bonds is 6. The SMILES string of the molecule is CC(C)Oc1ccc(C(=O)OCC(=O)Nc2sccc2C#N)cc1. The zero-order chi connectivity index (χ0) is 17.5. The lowest BCUT2D eigenvalue weighted by molar-refractivity contribution is -0.119. The number of hydrogen-bond donors (Lipinski definition) is 1. The second-order valence-electron chi connectivity index (χ2n) is 5.09. The van der Waals surface area contributed by atoms with Gasteiger partial charge in [0.25, 0.3) is 5.91 Å². The third-order valence-electron chi connectivity index (χ3n) is 2.83. The van der Waals surface area contributed by atoms with Gasteiger partial charge >= 0.3 is 5.97 Å². The van der Waals surface area contributed by atoms with Crippen LogP contribution in [0.4, 0.5) is 5.00 Å². The van der Waals surface area contributed by atoms with Gasteiger partial charge < -0.3 is 14.8 Å². The van der Waals surface area contributed by atoms with Gasteiger partial charge in [-0.1, -0.05) is 0 Å². The first-order valence-electron chi connectivity index (χ1n) is 7.21. The Morgan fingerprint density at radius 1 is 1.25 bits per heavy atom. The molecule has 0 spiro atoms. The van der Waals surface area contributed by atoms with Gasteiger partial charge in [0.1, 0.15) is 16.8 Å². The van der Waals surface area contributed by atoms with Crippen molar-refractivity contribution < 1.29 is 19.1 Å². The molecule has 1 N–H and O–H groups in total. The molecule has 0 bridgehead atoms. The lowest BCUT2D eigenvalue weighted by atomic mass is 10.2. The van der Waals surface area contributed by atoms with E-state index in [1.54, 1.807) is 35.7 Å². The Bertz CT molecular complexity index is 760. The van der Waals surface area contributed by atoms with Crippen molar-refractivity contribution in [3.63, 3.8) is 0 Å². The Labute approximate surface area is 143 Å². The number of nitrogens with zero attached hydrogens (tertiary/aromatic N) is 1. The molecule has 0 aliphatic carbocycles. The number of benzene rings is 1. The third-order valence-corrected chi connectivity index (χ3v) is 3.66. The summed E-state index contributed by atoms with van der Waals surface area (Å²) in [5.74, 6) is -0.448. The lowest BCUT2D eigenvalue weighted by Crippen LogP contribution is -2.20. The molecule has 0 aliphatic rings. The van der Waals surface area contributed by atoms with Crippen LogP contribution in [0, 0.1) is 11.3 Å². The Hall–Kier alpha value is -2.85. The van der Waals surface area contributed by atoms with Crippen molar-refractivity contribution in [1.29, 1.82) is 5.26 Å². The summed E-state index contributed by atoms with van der Waals surface area (Å²) < 4.78 is 10.4. The molecule has 0 saturated carbocycles. The molecule has 1 aromatic carbocycles. The average Bonchev–Trinajstić information content (AvgIpc) is 3.00. The number of carbonyl (C=O) groups is 2. The number of anilines is 1. The van der Waals surface area contributed by atoms with Crippen molar-refractivity contribution in [2.45, 2.75) is 20.0 Å². The Morgan fingerprint density at radius 3 is 2.58 bits per heavy atom. The van der Waals surface area contributed by atoms with E-state index in [0.29, 0.717) is 21.9 Å². The number of amides is 1. The van der Waals surface area contributed by atoms with Gasteiger partial charge in [0.05, 0.1) is 17.2 Å². The van der Waals surface area contributed by atoms with E-state index in [2.05, 4.69) is 5.32 Å². The Balaban J connectivity index is 1.86. The molecule has 2 aromatic rings. The first-order valence-corrected chi connectivity index (χ1v) is 8.09. The molecule has 1 aromatic heterocycles. The van der Waals surface area contributed by atoms with Gasteiger partial charge in [0.2, 0.25) is 0 Å². The first-order chi connectivity index (χ1) is 11.5. The van der Waals surface area contributed by atoms with Gasteiger partial charge in [-0.3, -0.25) is 4.79 Å². The molecule has 1 amide bonds. The highest BCUT2D eigenvalue weighted by Crippen LogP contribution is 2.22. The van der Waals surface area contributed by atoms with Crippen LogP contribution in [0.5, 0.6) is 5.75 Å². The van der Waals surface area contributed by atoms with E-state index in [4.69, 9.17) is 14.7 Å². The largest absolute Gasteiger partial charge is 0.491 e. The predicted octanol–water partition coefficient (Wildman–Crippen LogP) is 3.20. The normalized spacial score (nSPS) is 10.1. The van der Waals surface area contributed by atoms with Gasteiger partial charge in [-0.25, -0.2) is 4.79 Å². The maximum atomic E-state index is 11.9. The topological polar surface area (TPSA) is 88.4 Å². The van der Waals surface area contributed by atoms with E-state index in [-0.39, 0.29) is 6.10 Å². The zero-order valence-corrected chi connectivity index (χ0v) is 14.1. The number of carbonyl (C=O) groups excluding carboxylic acids is 2. The molecule has 124 valence electrons. The van der Waals surface area contributed by atoms with Crippen molar-refractivity contribution >= 4 is 28.2 Å². The number of hydrogen-bond acceptors (Lipinski definition) is 6. The standard InChI is InChI=1S/C17H16N2O4S/c1-11(2)23-14-5-3-12(4-6-14)17(21)22-10-15(20)19-16-13(9-18)7-8-24-16/h3-8,11H,10H2,1-2H3,(H,19,20). The average molecular weight is 344 g/mol. The molecule has 7 heteroatoms. The van der Waals surface area contributed by atoms with E-state index in [9.17, 15) is 9.59 Å². The molecule has 1 heterocycles. The van der Waals surface area contributed by atoms with E-state index in [1.165, 1.54) is 11.3 Å². The molecule has 0 radical (unpaired) electrons. The quantitative estimate of drug-likeness (QED) is 0.813. The predicted molar refractivity (Wildman–Crippen MR) is 90.2 cm³/mol. The van der Waals surface area contributed by atoms with E-state index in [1.807, 2.05) is 19.9 Å². The molecule has 6 nitrogen and oxygen atoms in total. The summed E-state index contributed by atoms with van der Waals surface area (Å²) in [6.45, 7) is 3.39. The molecular weight excluding hydrogens is 328 g/mol. The fourth-order valence-corrected chi connectivity index (χ4v) is 2.57. The number of nitriles is 1. The zero-order valence-electron chi connectivity index (χ0n) is 13.2. The van der Waals surface area contributed by atoms with Gasteiger partial charge in [-0.2, -0.15) is 5.26 Å². The third kappa shape index (κ3) is 4.83. The number of nitrogens with one attached hydrogen (secondary N) is 1. The van der Waals surface area contributed by atoms with Crippen molar-refractivity contribution in [3.8, 4) is 11.8 Å². The van der Waals surface area contributed by atoms with Gasteiger partial charge in [0.15, 0.2) is 6.61 Å². The minimum absolute atomic E-state index is 0.0436. The molecule has 24 heavy (non-hydrogen) atoms. The van der Waals surface area contributed by atoms with Crippen molar-refractivity contribution in [3.05, 3.63) is 46.8 Å². The molecule has 0 unspecified atom stereocenters. The van der Waals surface area contributed by atoms with Crippen LogP contribution < -0.4 is 10.1 Å². The molecule has 0 fully saturated rings. The fraction of sp³-hybridized carbons (Fsp3) is 0.235. The van der Waals surface area contributed by atoms with Crippen molar-refractivity contribution in [2.24, 2.45) is 0 Å². The van der Waals surface area contributed by atoms with Crippen LogP contribution >= 0.6 is 11.3 Å². The summed E-state index contributed by atoms with van der Waals surface area (Å²) in [5.41, 5.74) is 0.702. The van der Waals surface area contributed by atoms with E-state index in [0.717, 1.165) is 0 Å². The summed E-state index contributed by atoms with van der Waals surface area (Å²) >= 11 is 1.23. The van der Waals surface area contributed by atoms with Crippen molar-refractivity contribution in [2.75, 3.05) is 11.9 Å². The summed E-state index contributed by atoms with van der Waals surface area (Å²) in [4.78, 5) is 23.7. The summed E-state index contributed by atoms with van der Waals surface area (Å²) in [6, 6.07) is 10.1. The Morgan fingerprint density at radius 2 is 1.96 bits per heavy atom. The van der Waals surface area contributed by atoms with Crippen LogP contribution in [0.2, 0.25) is 0 Å². The minimum Gasteiger partial charge on any atom is -0.491 e. The lowest BCUT2D eigenvalue weighted by Gasteiger charge is -2.10. The second-order valence-corrected chi connectivity index (χ2v) is 6.01. The van der Waals surface area contributed by atoms with E-state index >= 15 is 0 Å². The highest BCUT2D eigenvalue weighted by atomic mass is 32.1. The summed E-state index contributed by atoms with van der Waals surface area (Å²) in [6.07, 6.45) is 0.0436. The van der Waals surface area contributed by atoms with Crippen LogP contribution in [-0.4, -0.2) is 24.6 Å². The number of ether oxygens (including phenoxy) is 2. The summed E-state index contributed by atoms with van der Waals surface area (Å²) in [7, 11) is 0. The fourth-order valence-electron chi connectivity index (χ4n) is 1.81. The number of thiophene rings is 1. The molecule has 0 saturated heterocycles. The van der Waals surface area contributed by atoms with Gasteiger partial charge in [-0.05, 0) is 49.6 Å². The monoisotopic (exact) mass is 344 g/mol. The highest BCUT2D eigenvalue weighted by molar-refractivity contribution is 7.14. The smallest absolute Gasteiger partial charge is 0.338 e. The van der Waals surface area contributed by atoms with Crippen LogP contribution in [0.1, 0.15) is 29.8 Å². The van der Waals surface area contributed by atoms with Gasteiger partial charge in [0, 0.05) is 0 Å². The van der Waals surface area contributed by atoms with Gasteiger partial charge in [-0.15, -0.1) is 11.3 Å². The van der Waals surface area contributed by atoms with Crippen LogP contribution in [0.25, 0.3) is 0 Å². The molecule has 2 rings (SSSR count). The molecular formula is C17H16N2O4S. The molecule has 0 aliphatic heterocycles. The van der Waals surface area contributed by atoms with Crippen LogP contribution in [-0.2, 0) is 9.53 Å². The second kappa shape index (κ2) is 8.13. The highest BCUT2D eigenvalue weighted by Gasteiger charge is 2.12. The summed E-state index contributed by atoms with van der Waals surface area (Å²) in [5, 5.41) is 13.5. The molecule has 0 atom stereocenters. The van der Waals surface area contributed by atoms with Crippen LogP contribution in [0.15, 0.2) is 35.7 Å². The van der Waals surface area contributed by atoms with Crippen LogP contribution in [0.3, 0.4) is 0 Å². The minimum atomic E-state index is -0.604. The van der Waals surface area contributed by atoms with E-state index < -0.39 is 18.5 Å². The maximum absolute atomic E-state index is 11.9.